The van der Waals surface area contributed by atoms with Crippen molar-refractivity contribution < 1.29 is 27.4 Å². The zero-order valence-corrected chi connectivity index (χ0v) is 21.4. The molecule has 0 radical (unpaired) electrons. The Hall–Kier alpha value is -3.32. The van der Waals surface area contributed by atoms with Crippen LogP contribution in [0.25, 0.3) is 11.1 Å². The van der Waals surface area contributed by atoms with Crippen molar-refractivity contribution >= 4 is 28.7 Å². The number of rotatable bonds is 8. The lowest BCUT2D eigenvalue weighted by Crippen LogP contribution is -2.10. The first-order valence-electron chi connectivity index (χ1n) is 12.2. The minimum absolute atomic E-state index is 0.106. The summed E-state index contributed by atoms with van der Waals surface area (Å²) < 4.78 is 50.0. The summed E-state index contributed by atoms with van der Waals surface area (Å²) in [6.45, 7) is 4.10. The van der Waals surface area contributed by atoms with E-state index >= 15 is 0 Å². The number of halogens is 4. The van der Waals surface area contributed by atoms with E-state index in [0.717, 1.165) is 53.7 Å². The molecule has 8 heteroatoms. The van der Waals surface area contributed by atoms with Gasteiger partial charge < -0.3 is 9.47 Å². The lowest BCUT2D eigenvalue weighted by atomic mass is 9.96. The number of alkyl halides is 3. The first kappa shape index (κ1) is 26.7. The molecule has 0 unspecified atom stereocenters. The summed E-state index contributed by atoms with van der Waals surface area (Å²) in [5, 5.41) is 0.544. The van der Waals surface area contributed by atoms with Gasteiger partial charge in [0.05, 0.1) is 23.4 Å². The van der Waals surface area contributed by atoms with Crippen LogP contribution < -0.4 is 4.74 Å². The van der Waals surface area contributed by atoms with Gasteiger partial charge in [0.25, 0.3) is 0 Å². The van der Waals surface area contributed by atoms with Crippen molar-refractivity contribution in [1.29, 1.82) is 0 Å². The van der Waals surface area contributed by atoms with Crippen LogP contribution in [0.1, 0.15) is 71.4 Å². The van der Waals surface area contributed by atoms with E-state index in [0.29, 0.717) is 34.0 Å². The zero-order valence-electron chi connectivity index (χ0n) is 20.6. The van der Waals surface area contributed by atoms with Crippen LogP contribution in [-0.2, 0) is 23.9 Å². The number of ether oxygens (including phenoxy) is 2. The summed E-state index contributed by atoms with van der Waals surface area (Å²) in [4.78, 5) is 17.1. The topological polar surface area (TPSA) is 48.4 Å². The highest BCUT2D eigenvalue weighted by Gasteiger charge is 2.30. The molecule has 4 rings (SSSR count). The quantitative estimate of drug-likeness (QED) is 0.276. The van der Waals surface area contributed by atoms with Crippen molar-refractivity contribution in [2.45, 2.75) is 52.3 Å². The molecule has 0 atom stereocenters. The first-order valence-corrected chi connectivity index (χ1v) is 12.6. The molecule has 0 saturated heterocycles. The van der Waals surface area contributed by atoms with Gasteiger partial charge in [-0.1, -0.05) is 30.7 Å². The van der Waals surface area contributed by atoms with Gasteiger partial charge in [-0.3, -0.25) is 4.98 Å². The molecule has 4 nitrogen and oxygen atoms in total. The van der Waals surface area contributed by atoms with E-state index in [-0.39, 0.29) is 13.2 Å². The molecular weight excluding hydrogens is 503 g/mol. The minimum atomic E-state index is -4.38. The molecule has 0 fully saturated rings. The van der Waals surface area contributed by atoms with Gasteiger partial charge in [-0.2, -0.15) is 13.2 Å². The number of carbonyl (C=O) groups is 1. The molecule has 3 aromatic rings. The fourth-order valence-corrected chi connectivity index (χ4v) is 4.67. The molecule has 0 amide bonds. The Kier molecular flexibility index (Phi) is 8.22. The van der Waals surface area contributed by atoms with Crippen LogP contribution in [-0.4, -0.2) is 17.6 Å². The van der Waals surface area contributed by atoms with Gasteiger partial charge in [-0.15, -0.1) is 0 Å². The van der Waals surface area contributed by atoms with Crippen LogP contribution >= 0.6 is 11.6 Å². The Labute approximate surface area is 219 Å². The highest BCUT2D eigenvalue weighted by Crippen LogP contribution is 2.44. The minimum Gasteiger partial charge on any atom is -0.488 e. The van der Waals surface area contributed by atoms with Crippen molar-refractivity contribution in [1.82, 2.24) is 4.98 Å². The van der Waals surface area contributed by atoms with Crippen molar-refractivity contribution in [3.63, 3.8) is 0 Å². The maximum atomic E-state index is 12.9. The van der Waals surface area contributed by atoms with E-state index in [4.69, 9.17) is 21.1 Å². The lowest BCUT2D eigenvalue weighted by molar-refractivity contribution is -0.137. The Bertz CT molecular complexity index is 1320. The number of hydrogen-bond donors (Lipinski definition) is 0. The highest BCUT2D eigenvalue weighted by atomic mass is 35.5. The number of hydrogen-bond acceptors (Lipinski definition) is 4. The van der Waals surface area contributed by atoms with E-state index in [2.05, 4.69) is 4.98 Å². The van der Waals surface area contributed by atoms with Crippen molar-refractivity contribution in [2.75, 3.05) is 6.61 Å². The second-order valence-corrected chi connectivity index (χ2v) is 9.16. The average Bonchev–Trinajstić information content (AvgIpc) is 3.37. The van der Waals surface area contributed by atoms with E-state index in [1.165, 1.54) is 12.1 Å². The number of aromatic nitrogens is 1. The van der Waals surface area contributed by atoms with Crippen LogP contribution in [0.4, 0.5) is 13.2 Å². The first-order chi connectivity index (χ1) is 17.7. The highest BCUT2D eigenvalue weighted by molar-refractivity contribution is 6.30. The van der Waals surface area contributed by atoms with Crippen molar-refractivity contribution in [2.24, 2.45) is 0 Å². The number of allylic oxidation sites excluding steroid dienone is 2. The van der Waals surface area contributed by atoms with Crippen LogP contribution in [0.2, 0.25) is 5.02 Å². The number of benzene rings is 2. The maximum absolute atomic E-state index is 12.9. The third-order valence-corrected chi connectivity index (χ3v) is 6.54. The summed E-state index contributed by atoms with van der Waals surface area (Å²) >= 11 is 6.35. The molecule has 0 aliphatic heterocycles. The molecule has 0 spiro atoms. The Morgan fingerprint density at radius 3 is 2.43 bits per heavy atom. The molecule has 0 bridgehead atoms. The molecule has 37 heavy (non-hydrogen) atoms. The monoisotopic (exact) mass is 529 g/mol. The smallest absolute Gasteiger partial charge is 0.416 e. The van der Waals surface area contributed by atoms with Crippen LogP contribution in [0.3, 0.4) is 0 Å². The summed E-state index contributed by atoms with van der Waals surface area (Å²) in [7, 11) is 0. The number of esters is 1. The molecule has 1 aliphatic rings. The SMILES string of the molecule is CCOC(=O)c1cc(C2=C(c3cc(Cl)ccc3OCc3ccc(C(F)(F)F)cc3)CCC2)cnc1CC. The van der Waals surface area contributed by atoms with Crippen molar-refractivity contribution in [3.8, 4) is 5.75 Å². The van der Waals surface area contributed by atoms with Gasteiger partial charge >= 0.3 is 12.1 Å². The molecule has 2 aromatic carbocycles. The molecular formula is C29H27ClF3NO3. The molecule has 0 N–H and O–H groups in total. The summed E-state index contributed by atoms with van der Waals surface area (Å²) in [6.07, 6.45) is 0.517. The fourth-order valence-electron chi connectivity index (χ4n) is 4.50. The lowest BCUT2D eigenvalue weighted by Gasteiger charge is -2.16. The largest absolute Gasteiger partial charge is 0.488 e. The summed E-state index contributed by atoms with van der Waals surface area (Å²) in [6, 6.07) is 12.1. The molecule has 1 aromatic heterocycles. The molecule has 0 saturated carbocycles. The Balaban J connectivity index is 1.67. The predicted octanol–water partition coefficient (Wildman–Crippen LogP) is 8.17. The van der Waals surface area contributed by atoms with E-state index in [1.807, 2.05) is 19.1 Å². The molecule has 1 aliphatic carbocycles. The van der Waals surface area contributed by atoms with Gasteiger partial charge in [-0.25, -0.2) is 4.79 Å². The third kappa shape index (κ3) is 6.16. The standard InChI is InChI=1S/C29H27ClF3NO3/c1-3-26-25(28(35)36-4-2)14-19(16-34-26)22-6-5-7-23(22)24-15-21(30)12-13-27(24)37-17-18-8-10-20(11-9-18)29(31,32)33/h8-16H,3-7,17H2,1-2H3. The maximum Gasteiger partial charge on any atom is 0.416 e. The fraction of sp³-hybridized carbons (Fsp3) is 0.310. The normalized spacial score (nSPS) is 13.7. The zero-order chi connectivity index (χ0) is 26.6. The number of aryl methyl sites for hydroxylation is 1. The van der Waals surface area contributed by atoms with Gasteiger partial charge in [0, 0.05) is 16.8 Å². The van der Waals surface area contributed by atoms with E-state index < -0.39 is 17.7 Å². The second-order valence-electron chi connectivity index (χ2n) is 8.73. The summed E-state index contributed by atoms with van der Waals surface area (Å²) in [5.41, 5.74) is 4.84. The number of nitrogens with zero attached hydrogens (tertiary/aromatic N) is 1. The predicted molar refractivity (Wildman–Crippen MR) is 137 cm³/mol. The number of pyridine rings is 1. The average molecular weight is 530 g/mol. The van der Waals surface area contributed by atoms with Gasteiger partial charge in [0.15, 0.2) is 0 Å². The van der Waals surface area contributed by atoms with Crippen molar-refractivity contribution in [3.05, 3.63) is 93.3 Å². The van der Waals surface area contributed by atoms with E-state index in [9.17, 15) is 18.0 Å². The van der Waals surface area contributed by atoms with Gasteiger partial charge in [0.1, 0.15) is 12.4 Å². The third-order valence-electron chi connectivity index (χ3n) is 6.31. The molecule has 1 heterocycles. The second kappa shape index (κ2) is 11.4. The van der Waals surface area contributed by atoms with E-state index in [1.54, 1.807) is 25.3 Å². The van der Waals surface area contributed by atoms with Gasteiger partial charge in [0.2, 0.25) is 0 Å². The van der Waals surface area contributed by atoms with Crippen LogP contribution in [0, 0.1) is 0 Å². The summed E-state index contributed by atoms with van der Waals surface area (Å²) in [5.74, 6) is 0.194. The Morgan fingerprint density at radius 2 is 1.76 bits per heavy atom. The molecule has 194 valence electrons. The van der Waals surface area contributed by atoms with Crippen LogP contribution in [0.15, 0.2) is 54.7 Å². The Morgan fingerprint density at radius 1 is 1.03 bits per heavy atom. The van der Waals surface area contributed by atoms with Crippen LogP contribution in [0.5, 0.6) is 5.75 Å². The van der Waals surface area contributed by atoms with Gasteiger partial charge in [-0.05, 0) is 91.3 Å². The number of carbonyl (C=O) groups excluding carboxylic acids is 1.